The molecule has 0 heterocycles. The van der Waals surface area contributed by atoms with Gasteiger partial charge in [-0.05, 0) is 67.8 Å². The summed E-state index contributed by atoms with van der Waals surface area (Å²) >= 11 is 6.44. The van der Waals surface area contributed by atoms with E-state index in [0.717, 1.165) is 22.7 Å². The van der Waals surface area contributed by atoms with E-state index in [1.807, 2.05) is 20.8 Å². The van der Waals surface area contributed by atoms with E-state index >= 15 is 0 Å². The molecule has 0 aliphatic heterocycles. The predicted molar refractivity (Wildman–Crippen MR) is 163 cm³/mol. The lowest BCUT2D eigenvalue weighted by Crippen LogP contribution is -2.52. The number of aryl methyl sites for hydroxylation is 1. The van der Waals surface area contributed by atoms with Crippen LogP contribution in [-0.4, -0.2) is 51.4 Å². The summed E-state index contributed by atoms with van der Waals surface area (Å²) in [5, 5.41) is 3.37. The molecule has 10 heteroatoms. The average molecular weight is 600 g/mol. The molecule has 0 saturated heterocycles. The van der Waals surface area contributed by atoms with Crippen molar-refractivity contribution in [2.24, 2.45) is 0 Å². The molecule has 0 aliphatic rings. The van der Waals surface area contributed by atoms with Crippen LogP contribution < -0.4 is 14.4 Å². The number of nitrogens with zero attached hydrogens (tertiary/aromatic N) is 2. The minimum absolute atomic E-state index is 0.00804. The second kappa shape index (κ2) is 14.9. The third-order valence-corrected chi connectivity index (χ3v) is 8.92. The number of ether oxygens (including phenoxy) is 1. The number of nitrogens with one attached hydrogen (secondary N) is 1. The third kappa shape index (κ3) is 8.24. The van der Waals surface area contributed by atoms with Crippen LogP contribution in [-0.2, 0) is 26.2 Å². The van der Waals surface area contributed by atoms with Crippen molar-refractivity contribution in [2.45, 2.75) is 57.5 Å². The number of methoxy groups -OCH3 is 1. The lowest BCUT2D eigenvalue weighted by atomic mass is 10.1. The zero-order valence-corrected chi connectivity index (χ0v) is 25.5. The highest BCUT2D eigenvalue weighted by molar-refractivity contribution is 7.92. The number of carbonyl (C=O) groups is 2. The molecule has 220 valence electrons. The number of benzene rings is 3. The van der Waals surface area contributed by atoms with Crippen molar-refractivity contribution in [3.8, 4) is 5.75 Å². The largest absolute Gasteiger partial charge is 0.497 e. The van der Waals surface area contributed by atoms with Crippen LogP contribution in [0.4, 0.5) is 5.69 Å². The molecule has 0 spiro atoms. The maximum Gasteiger partial charge on any atom is 0.264 e. The van der Waals surface area contributed by atoms with Gasteiger partial charge in [-0.15, -0.1) is 0 Å². The smallest absolute Gasteiger partial charge is 0.264 e. The first-order valence-corrected chi connectivity index (χ1v) is 15.5. The molecule has 1 unspecified atom stereocenters. The summed E-state index contributed by atoms with van der Waals surface area (Å²) in [6.45, 7) is 5.76. The Morgan fingerprint density at radius 1 is 0.976 bits per heavy atom. The molecular weight excluding hydrogens is 562 g/mol. The molecule has 8 nitrogen and oxygen atoms in total. The van der Waals surface area contributed by atoms with Gasteiger partial charge in [0.05, 0.1) is 17.7 Å². The monoisotopic (exact) mass is 599 g/mol. The lowest BCUT2D eigenvalue weighted by molar-refractivity contribution is -0.140. The lowest BCUT2D eigenvalue weighted by Gasteiger charge is -2.33. The topological polar surface area (TPSA) is 96.0 Å². The number of amides is 2. The first-order chi connectivity index (χ1) is 19.6. The maximum absolute atomic E-state index is 14.1. The SMILES string of the molecule is CCCCNC(=O)C(CC)N(Cc1ccccc1Cl)C(=O)CN(c1ccc(C)cc1)S(=O)(=O)c1ccc(OC)cc1. The van der Waals surface area contributed by atoms with Crippen LogP contribution in [0.15, 0.2) is 77.7 Å². The molecule has 3 aromatic rings. The molecule has 1 N–H and O–H groups in total. The molecule has 0 radical (unpaired) electrons. The van der Waals surface area contributed by atoms with Crippen LogP contribution in [0.25, 0.3) is 0 Å². The van der Waals surface area contributed by atoms with E-state index in [9.17, 15) is 18.0 Å². The van der Waals surface area contributed by atoms with Gasteiger partial charge < -0.3 is 15.0 Å². The van der Waals surface area contributed by atoms with Gasteiger partial charge in [0.15, 0.2) is 0 Å². The number of carbonyl (C=O) groups excluding carboxylic acids is 2. The first kappa shape index (κ1) is 32.0. The summed E-state index contributed by atoms with van der Waals surface area (Å²) in [4.78, 5) is 28.8. The Morgan fingerprint density at radius 3 is 2.22 bits per heavy atom. The summed E-state index contributed by atoms with van der Waals surface area (Å²) in [6.07, 6.45) is 2.06. The normalized spacial score (nSPS) is 11.9. The summed E-state index contributed by atoms with van der Waals surface area (Å²) in [5.41, 5.74) is 1.93. The zero-order valence-electron chi connectivity index (χ0n) is 24.0. The predicted octanol–water partition coefficient (Wildman–Crippen LogP) is 5.58. The number of rotatable bonds is 14. The second-order valence-corrected chi connectivity index (χ2v) is 12.0. The van der Waals surface area contributed by atoms with Gasteiger partial charge in [0.1, 0.15) is 18.3 Å². The van der Waals surface area contributed by atoms with Crippen LogP contribution in [0.1, 0.15) is 44.2 Å². The highest BCUT2D eigenvalue weighted by Crippen LogP contribution is 2.27. The van der Waals surface area contributed by atoms with Crippen molar-refractivity contribution in [2.75, 3.05) is 24.5 Å². The fourth-order valence-corrected chi connectivity index (χ4v) is 5.96. The second-order valence-electron chi connectivity index (χ2n) is 9.70. The molecule has 0 aliphatic carbocycles. The highest BCUT2D eigenvalue weighted by Gasteiger charge is 2.34. The Bertz CT molecular complexity index is 1410. The van der Waals surface area contributed by atoms with Crippen molar-refractivity contribution in [1.29, 1.82) is 0 Å². The molecule has 0 fully saturated rings. The number of anilines is 1. The molecule has 1 atom stereocenters. The standard InChI is InChI=1S/C31H38ClN3O5S/c1-5-7-20-33-31(37)29(6-2)34(21-24-10-8-9-11-28(24)32)30(36)22-35(25-14-12-23(3)13-15-25)41(38,39)27-18-16-26(40-4)17-19-27/h8-19,29H,5-7,20-22H2,1-4H3,(H,33,37). The van der Waals surface area contributed by atoms with Crippen LogP contribution >= 0.6 is 11.6 Å². The summed E-state index contributed by atoms with van der Waals surface area (Å²) in [7, 11) is -2.67. The summed E-state index contributed by atoms with van der Waals surface area (Å²) in [6, 6.07) is 19.2. The van der Waals surface area contributed by atoms with E-state index in [0.29, 0.717) is 35.0 Å². The van der Waals surface area contributed by atoms with Gasteiger partial charge in [-0.2, -0.15) is 0 Å². The van der Waals surface area contributed by atoms with Crippen LogP contribution in [0.3, 0.4) is 0 Å². The Kier molecular flexibility index (Phi) is 11.6. The van der Waals surface area contributed by atoms with Gasteiger partial charge in [-0.3, -0.25) is 13.9 Å². The molecule has 3 rings (SSSR count). The average Bonchev–Trinajstić information content (AvgIpc) is 2.97. The van der Waals surface area contributed by atoms with E-state index < -0.39 is 28.5 Å². The van der Waals surface area contributed by atoms with Crippen molar-refractivity contribution in [3.63, 3.8) is 0 Å². The number of hydrogen-bond acceptors (Lipinski definition) is 5. The fraction of sp³-hybridized carbons (Fsp3) is 0.355. The van der Waals surface area contributed by atoms with Crippen LogP contribution in [0.2, 0.25) is 5.02 Å². The van der Waals surface area contributed by atoms with Gasteiger partial charge in [0, 0.05) is 18.1 Å². The van der Waals surface area contributed by atoms with Crippen LogP contribution in [0.5, 0.6) is 5.75 Å². The molecule has 3 aromatic carbocycles. The summed E-state index contributed by atoms with van der Waals surface area (Å²) < 4.78 is 34.2. The van der Waals surface area contributed by atoms with Crippen molar-refractivity contribution in [1.82, 2.24) is 10.2 Å². The van der Waals surface area contributed by atoms with Crippen LogP contribution in [0, 0.1) is 6.92 Å². The van der Waals surface area contributed by atoms with Crippen molar-refractivity contribution >= 4 is 39.1 Å². The van der Waals surface area contributed by atoms with E-state index in [1.54, 1.807) is 60.7 Å². The first-order valence-electron chi connectivity index (χ1n) is 13.7. The zero-order chi connectivity index (χ0) is 30.0. The third-order valence-electron chi connectivity index (χ3n) is 6.76. The highest BCUT2D eigenvalue weighted by atomic mass is 35.5. The molecular formula is C31H38ClN3O5S. The van der Waals surface area contributed by atoms with Gasteiger partial charge in [0.2, 0.25) is 11.8 Å². The van der Waals surface area contributed by atoms with Gasteiger partial charge in [-0.1, -0.05) is 67.8 Å². The van der Waals surface area contributed by atoms with Crippen molar-refractivity contribution < 1.29 is 22.7 Å². The van der Waals surface area contributed by atoms with E-state index in [4.69, 9.17) is 16.3 Å². The number of sulfonamides is 1. The molecule has 41 heavy (non-hydrogen) atoms. The summed E-state index contributed by atoms with van der Waals surface area (Å²) in [5.74, 6) is -0.311. The number of hydrogen-bond donors (Lipinski definition) is 1. The molecule has 0 bridgehead atoms. The maximum atomic E-state index is 14.1. The number of unbranched alkanes of at least 4 members (excludes halogenated alkanes) is 1. The van der Waals surface area contributed by atoms with E-state index in [-0.39, 0.29) is 17.3 Å². The Labute approximate surface area is 248 Å². The van der Waals surface area contributed by atoms with Crippen molar-refractivity contribution in [3.05, 3.63) is 88.9 Å². The number of halogens is 1. The molecule has 0 saturated carbocycles. The minimum atomic E-state index is -4.17. The molecule has 0 aromatic heterocycles. The Morgan fingerprint density at radius 2 is 1.63 bits per heavy atom. The van der Waals surface area contributed by atoms with E-state index in [2.05, 4.69) is 5.32 Å². The fourth-order valence-electron chi connectivity index (χ4n) is 4.35. The minimum Gasteiger partial charge on any atom is -0.497 e. The Hall–Kier alpha value is -3.56. The quantitative estimate of drug-likeness (QED) is 0.244. The Balaban J connectivity index is 2.04. The molecule has 2 amide bonds. The van der Waals surface area contributed by atoms with Gasteiger partial charge >= 0.3 is 0 Å². The van der Waals surface area contributed by atoms with Gasteiger partial charge in [-0.25, -0.2) is 8.42 Å². The van der Waals surface area contributed by atoms with Gasteiger partial charge in [0.25, 0.3) is 10.0 Å². The van der Waals surface area contributed by atoms with E-state index in [1.165, 1.54) is 24.1 Å².